The van der Waals surface area contributed by atoms with Crippen LogP contribution in [0.3, 0.4) is 0 Å². The molecule has 1 aliphatic rings. The molecular formula is C24H20F5N7OS. The molecule has 8 nitrogen and oxygen atoms in total. The highest BCUT2D eigenvalue weighted by molar-refractivity contribution is 7.91. The monoisotopic (exact) mass is 549 g/mol. The standard InChI is InChI=1S/C24H20F5N7OS/c1-4-38(37)21-17(34-18(36(21)3)13-5-6-16(31-10-13)22(12-30)7-8-22)20-33-15-9-14(11-32-19(15)35(20)2)23(25,26)24(27,28)29/h5-6,9-11H,4,7-8H2,1-3H3. The highest BCUT2D eigenvalue weighted by Crippen LogP contribution is 2.47. The zero-order valence-corrected chi connectivity index (χ0v) is 21.2. The second-order valence-corrected chi connectivity index (χ2v) is 10.7. The van der Waals surface area contributed by atoms with Crippen LogP contribution in [0, 0.1) is 11.3 Å². The highest BCUT2D eigenvalue weighted by Gasteiger charge is 2.59. The number of nitriles is 1. The molecule has 0 N–H and O–H groups in total. The molecule has 5 rings (SSSR count). The van der Waals surface area contributed by atoms with Gasteiger partial charge in [0.2, 0.25) is 0 Å². The van der Waals surface area contributed by atoms with E-state index in [1.807, 2.05) is 0 Å². The van der Waals surface area contributed by atoms with E-state index in [9.17, 15) is 31.8 Å². The minimum absolute atomic E-state index is 0.0550. The molecule has 1 fully saturated rings. The minimum atomic E-state index is -5.79. The van der Waals surface area contributed by atoms with Gasteiger partial charge in [0.1, 0.15) is 17.1 Å². The molecule has 0 saturated heterocycles. The summed E-state index contributed by atoms with van der Waals surface area (Å²) in [6.07, 6.45) is -2.29. The third-order valence-corrected chi connectivity index (χ3v) is 8.06. The SMILES string of the molecule is CC[S+]([O-])c1c(-c2nc3cc(C(F)(F)C(F)(F)F)cnc3n2C)nc(-c2ccc(C3(C#N)CC3)nc2)n1C. The Labute approximate surface area is 216 Å². The van der Waals surface area contributed by atoms with Gasteiger partial charge in [0, 0.05) is 43.2 Å². The summed E-state index contributed by atoms with van der Waals surface area (Å²) < 4.78 is 82.6. The Kier molecular flexibility index (Phi) is 5.99. The van der Waals surface area contributed by atoms with Gasteiger partial charge in [0.05, 0.1) is 22.7 Å². The Morgan fingerprint density at radius 3 is 2.32 bits per heavy atom. The molecule has 38 heavy (non-hydrogen) atoms. The molecular weight excluding hydrogens is 529 g/mol. The second-order valence-electron chi connectivity index (χ2n) is 9.04. The molecule has 4 heterocycles. The van der Waals surface area contributed by atoms with Crippen LogP contribution < -0.4 is 0 Å². The Hall–Kier alpha value is -3.57. The average Bonchev–Trinajstić information content (AvgIpc) is 3.53. The summed E-state index contributed by atoms with van der Waals surface area (Å²) in [5.74, 6) is -4.38. The molecule has 0 bridgehead atoms. The molecule has 198 valence electrons. The summed E-state index contributed by atoms with van der Waals surface area (Å²) in [5, 5.41) is 9.72. The average molecular weight is 550 g/mol. The van der Waals surface area contributed by atoms with Gasteiger partial charge in [0.15, 0.2) is 17.2 Å². The lowest BCUT2D eigenvalue weighted by atomic mass is 10.0. The third kappa shape index (κ3) is 3.92. The van der Waals surface area contributed by atoms with E-state index in [0.717, 1.165) is 12.8 Å². The molecule has 0 aromatic carbocycles. The fourth-order valence-electron chi connectivity index (χ4n) is 4.27. The summed E-state index contributed by atoms with van der Waals surface area (Å²) in [4.78, 5) is 17.2. The number of hydrogen-bond acceptors (Lipinski definition) is 6. The van der Waals surface area contributed by atoms with Gasteiger partial charge in [-0.1, -0.05) is 0 Å². The normalized spacial score (nSPS) is 16.0. The van der Waals surface area contributed by atoms with E-state index >= 15 is 0 Å². The maximum atomic E-state index is 13.9. The number of hydrogen-bond donors (Lipinski definition) is 0. The van der Waals surface area contributed by atoms with Crippen LogP contribution in [0.15, 0.2) is 35.6 Å². The van der Waals surface area contributed by atoms with E-state index in [1.165, 1.54) is 11.6 Å². The number of pyridine rings is 2. The summed E-state index contributed by atoms with van der Waals surface area (Å²) in [6, 6.07) is 6.44. The number of rotatable bonds is 6. The number of aryl methyl sites for hydroxylation is 1. The number of fused-ring (bicyclic) bond motifs is 1. The molecule has 1 atom stereocenters. The van der Waals surface area contributed by atoms with Crippen molar-refractivity contribution in [3.8, 4) is 29.0 Å². The van der Waals surface area contributed by atoms with Crippen LogP contribution in [0.5, 0.6) is 0 Å². The number of nitrogens with zero attached hydrogens (tertiary/aromatic N) is 7. The first kappa shape index (κ1) is 26.1. The molecule has 0 radical (unpaired) electrons. The summed E-state index contributed by atoms with van der Waals surface area (Å²) in [5.41, 5.74) is -0.633. The van der Waals surface area contributed by atoms with Crippen LogP contribution >= 0.6 is 0 Å². The Morgan fingerprint density at radius 2 is 1.76 bits per heavy atom. The lowest BCUT2D eigenvalue weighted by Gasteiger charge is -2.19. The largest absolute Gasteiger partial charge is 0.610 e. The maximum Gasteiger partial charge on any atom is 0.458 e. The molecule has 0 aliphatic heterocycles. The van der Waals surface area contributed by atoms with Gasteiger partial charge in [-0.15, -0.1) is 0 Å². The van der Waals surface area contributed by atoms with E-state index < -0.39 is 34.3 Å². The first-order chi connectivity index (χ1) is 17.8. The van der Waals surface area contributed by atoms with Crippen molar-refractivity contribution in [1.29, 1.82) is 5.26 Å². The smallest absolute Gasteiger partial charge is 0.458 e. The lowest BCUT2D eigenvalue weighted by molar-refractivity contribution is -0.289. The number of imidazole rings is 2. The van der Waals surface area contributed by atoms with Crippen molar-refractivity contribution in [2.24, 2.45) is 14.1 Å². The molecule has 4 aromatic rings. The number of alkyl halides is 5. The first-order valence-corrected chi connectivity index (χ1v) is 12.8. The Balaban J connectivity index is 1.63. The second kappa shape index (κ2) is 8.74. The van der Waals surface area contributed by atoms with Crippen LogP contribution in [0.25, 0.3) is 34.1 Å². The molecule has 14 heteroatoms. The van der Waals surface area contributed by atoms with Gasteiger partial charge in [-0.25, -0.2) is 15.0 Å². The molecule has 4 aromatic heterocycles. The van der Waals surface area contributed by atoms with Crippen LogP contribution in [0.4, 0.5) is 22.0 Å². The lowest BCUT2D eigenvalue weighted by Crippen LogP contribution is -2.33. The molecule has 1 saturated carbocycles. The van der Waals surface area contributed by atoms with E-state index in [-0.39, 0.29) is 28.4 Å². The van der Waals surface area contributed by atoms with Crippen molar-refractivity contribution in [1.82, 2.24) is 29.1 Å². The fourth-order valence-corrected chi connectivity index (χ4v) is 5.29. The summed E-state index contributed by atoms with van der Waals surface area (Å²) in [6.45, 7) is 1.71. The van der Waals surface area contributed by atoms with Crippen LogP contribution in [0.2, 0.25) is 0 Å². The molecule has 0 spiro atoms. The van der Waals surface area contributed by atoms with Crippen LogP contribution in [-0.2, 0) is 36.6 Å². The first-order valence-electron chi connectivity index (χ1n) is 11.5. The highest BCUT2D eigenvalue weighted by atomic mass is 32.2. The van der Waals surface area contributed by atoms with E-state index in [0.29, 0.717) is 34.4 Å². The number of halogens is 5. The minimum Gasteiger partial charge on any atom is -0.610 e. The van der Waals surface area contributed by atoms with Gasteiger partial charge in [-0.3, -0.25) is 9.55 Å². The quantitative estimate of drug-likeness (QED) is 0.253. The van der Waals surface area contributed by atoms with Gasteiger partial charge in [-0.05, 0) is 38.0 Å². The Bertz CT molecular complexity index is 1580. The van der Waals surface area contributed by atoms with Crippen molar-refractivity contribution >= 4 is 22.3 Å². The maximum absolute atomic E-state index is 13.9. The van der Waals surface area contributed by atoms with Crippen LogP contribution in [0.1, 0.15) is 31.0 Å². The summed E-state index contributed by atoms with van der Waals surface area (Å²) >= 11 is -1.54. The zero-order valence-electron chi connectivity index (χ0n) is 20.3. The zero-order chi connectivity index (χ0) is 27.6. The van der Waals surface area contributed by atoms with Crippen LogP contribution in [-0.4, -0.2) is 45.6 Å². The molecule has 0 amide bonds. The fraction of sp³-hybridized carbons (Fsp3) is 0.375. The van der Waals surface area contributed by atoms with Gasteiger partial charge in [0.25, 0.3) is 5.03 Å². The van der Waals surface area contributed by atoms with Crippen molar-refractivity contribution in [2.45, 2.75) is 42.3 Å². The van der Waals surface area contributed by atoms with E-state index in [1.54, 1.807) is 36.9 Å². The Morgan fingerprint density at radius 1 is 1.05 bits per heavy atom. The summed E-state index contributed by atoms with van der Waals surface area (Å²) in [7, 11) is 3.17. The molecule has 1 unspecified atom stereocenters. The van der Waals surface area contributed by atoms with Gasteiger partial charge >= 0.3 is 12.1 Å². The van der Waals surface area contributed by atoms with E-state index in [2.05, 4.69) is 26.0 Å². The van der Waals surface area contributed by atoms with Crippen molar-refractivity contribution in [2.75, 3.05) is 5.75 Å². The van der Waals surface area contributed by atoms with Crippen molar-refractivity contribution < 1.29 is 26.5 Å². The number of aromatic nitrogens is 6. The predicted molar refractivity (Wildman–Crippen MR) is 127 cm³/mol. The van der Waals surface area contributed by atoms with Gasteiger partial charge in [-0.2, -0.15) is 27.2 Å². The van der Waals surface area contributed by atoms with Gasteiger partial charge < -0.3 is 9.12 Å². The van der Waals surface area contributed by atoms with Crippen molar-refractivity contribution in [3.63, 3.8) is 0 Å². The van der Waals surface area contributed by atoms with Crippen molar-refractivity contribution in [3.05, 3.63) is 41.9 Å². The third-order valence-electron chi connectivity index (χ3n) is 6.64. The molecule has 1 aliphatic carbocycles. The van der Waals surface area contributed by atoms with E-state index in [4.69, 9.17) is 0 Å². The topological polar surface area (TPSA) is 108 Å². The predicted octanol–water partition coefficient (Wildman–Crippen LogP) is 4.77.